The number of hydrogen-bond acceptors (Lipinski definition) is 2. The maximum absolute atomic E-state index is 8.83. The summed E-state index contributed by atoms with van der Waals surface area (Å²) < 4.78 is 5.59. The molecule has 0 aromatic carbocycles. The van der Waals surface area contributed by atoms with E-state index < -0.39 is 0 Å². The summed E-state index contributed by atoms with van der Waals surface area (Å²) >= 11 is 0. The summed E-state index contributed by atoms with van der Waals surface area (Å²) in [5.74, 6) is 0. The minimum Gasteiger partial charge on any atom is -0.396 e. The first kappa shape index (κ1) is 15.3. The summed E-state index contributed by atoms with van der Waals surface area (Å²) in [4.78, 5) is 0. The predicted octanol–water partition coefficient (Wildman–Crippen LogP) is 3.08. The van der Waals surface area contributed by atoms with Crippen LogP contribution in [0, 0.1) is 0 Å². The zero-order valence-corrected chi connectivity index (χ0v) is 11.4. The molecule has 0 amide bonds. The van der Waals surface area contributed by atoms with Gasteiger partial charge < -0.3 is 9.84 Å². The van der Waals surface area contributed by atoms with Gasteiger partial charge in [0.2, 0.25) is 0 Å². The van der Waals surface area contributed by atoms with E-state index in [4.69, 9.17) is 9.84 Å². The maximum atomic E-state index is 8.83. The normalized spacial score (nSPS) is 13.4. The Bertz CT molecular complexity index is 121. The molecule has 1 unspecified atom stereocenters. The Balaban J connectivity index is 3.58. The van der Waals surface area contributed by atoms with Gasteiger partial charge in [0, 0.05) is 6.61 Å². The molecule has 0 saturated carbocycles. The van der Waals surface area contributed by atoms with Crippen molar-refractivity contribution in [1.29, 1.82) is 0 Å². The van der Waals surface area contributed by atoms with Crippen LogP contribution in [0.1, 0.15) is 40.0 Å². The lowest BCUT2D eigenvalue weighted by atomic mass is 10.4. The van der Waals surface area contributed by atoms with Crippen LogP contribution in [0.4, 0.5) is 0 Å². The van der Waals surface area contributed by atoms with Crippen molar-refractivity contribution in [3.05, 3.63) is 0 Å². The van der Waals surface area contributed by atoms with Crippen LogP contribution in [0.5, 0.6) is 0 Å². The van der Waals surface area contributed by atoms with Crippen molar-refractivity contribution in [2.45, 2.75) is 46.1 Å². The fourth-order valence-corrected chi connectivity index (χ4v) is 3.82. The first-order chi connectivity index (χ1) is 7.20. The summed E-state index contributed by atoms with van der Waals surface area (Å²) in [6.45, 7) is 7.66. The molecule has 15 heavy (non-hydrogen) atoms. The largest absolute Gasteiger partial charge is 0.396 e. The molecule has 3 heteroatoms. The highest BCUT2D eigenvalue weighted by molar-refractivity contribution is 7.57. The van der Waals surface area contributed by atoms with Crippen LogP contribution in [0.25, 0.3) is 0 Å². The molecule has 0 aromatic heterocycles. The number of hydrogen-bond donors (Lipinski definition) is 1. The molecule has 0 heterocycles. The van der Waals surface area contributed by atoms with Crippen molar-refractivity contribution >= 4 is 7.92 Å². The van der Waals surface area contributed by atoms with Gasteiger partial charge in [0.05, 0.1) is 12.7 Å². The minimum atomic E-state index is 0.112. The van der Waals surface area contributed by atoms with Crippen molar-refractivity contribution in [2.75, 3.05) is 31.7 Å². The van der Waals surface area contributed by atoms with Gasteiger partial charge in [-0.05, 0) is 45.2 Å². The highest BCUT2D eigenvalue weighted by Crippen LogP contribution is 2.36. The molecule has 0 aliphatic heterocycles. The zero-order chi connectivity index (χ0) is 11.5. The van der Waals surface area contributed by atoms with Gasteiger partial charge in [0.15, 0.2) is 0 Å². The fourth-order valence-electron chi connectivity index (χ4n) is 1.43. The SMILES string of the molecule is CCCCP(CCCO)CCOC(C)C. The topological polar surface area (TPSA) is 29.5 Å². The smallest absolute Gasteiger partial charge is 0.0519 e. The van der Waals surface area contributed by atoms with Crippen LogP contribution in [-0.2, 0) is 4.74 Å². The minimum absolute atomic E-state index is 0.112. The summed E-state index contributed by atoms with van der Waals surface area (Å²) in [7, 11) is 0.112. The quantitative estimate of drug-likeness (QED) is 0.589. The molecular formula is C12H27O2P. The average Bonchev–Trinajstić information content (AvgIpc) is 2.20. The van der Waals surface area contributed by atoms with Crippen LogP contribution in [0.2, 0.25) is 0 Å². The molecule has 2 nitrogen and oxygen atoms in total. The Hall–Kier alpha value is 0.350. The van der Waals surface area contributed by atoms with Gasteiger partial charge in [0.25, 0.3) is 0 Å². The van der Waals surface area contributed by atoms with Gasteiger partial charge in [0.1, 0.15) is 0 Å². The number of aliphatic hydroxyl groups is 1. The van der Waals surface area contributed by atoms with Crippen molar-refractivity contribution in [3.63, 3.8) is 0 Å². The Morgan fingerprint density at radius 3 is 2.33 bits per heavy atom. The number of unbranched alkanes of at least 4 members (excludes halogenated alkanes) is 1. The molecule has 0 rings (SSSR count). The molecule has 0 aliphatic rings. The lowest BCUT2D eigenvalue weighted by molar-refractivity contribution is 0.0915. The first-order valence-corrected chi connectivity index (χ1v) is 8.05. The summed E-state index contributed by atoms with van der Waals surface area (Å²) in [5.41, 5.74) is 0. The van der Waals surface area contributed by atoms with Crippen LogP contribution in [-0.4, -0.2) is 42.9 Å². The molecule has 0 aliphatic carbocycles. The lowest BCUT2D eigenvalue weighted by Gasteiger charge is -2.17. The molecule has 1 atom stereocenters. The van der Waals surface area contributed by atoms with Crippen LogP contribution in [0.15, 0.2) is 0 Å². The molecule has 92 valence electrons. The molecule has 0 bridgehead atoms. The van der Waals surface area contributed by atoms with E-state index in [2.05, 4.69) is 20.8 Å². The lowest BCUT2D eigenvalue weighted by Crippen LogP contribution is -2.08. The first-order valence-electron chi connectivity index (χ1n) is 6.15. The van der Waals surface area contributed by atoms with E-state index in [9.17, 15) is 0 Å². The molecule has 1 N–H and O–H groups in total. The van der Waals surface area contributed by atoms with Crippen molar-refractivity contribution in [1.82, 2.24) is 0 Å². The second-order valence-corrected chi connectivity index (χ2v) is 6.88. The third-order valence-corrected chi connectivity index (χ3v) is 5.03. The van der Waals surface area contributed by atoms with Gasteiger partial charge in [-0.15, -0.1) is 7.92 Å². The second-order valence-electron chi connectivity index (χ2n) is 4.19. The zero-order valence-electron chi connectivity index (χ0n) is 10.5. The Morgan fingerprint density at radius 1 is 1.13 bits per heavy atom. The van der Waals surface area contributed by atoms with Crippen molar-refractivity contribution in [2.24, 2.45) is 0 Å². The van der Waals surface area contributed by atoms with E-state index in [-0.39, 0.29) is 7.92 Å². The highest BCUT2D eigenvalue weighted by Gasteiger charge is 2.07. The van der Waals surface area contributed by atoms with Crippen molar-refractivity contribution < 1.29 is 9.84 Å². The van der Waals surface area contributed by atoms with E-state index in [1.54, 1.807) is 0 Å². The average molecular weight is 234 g/mol. The Morgan fingerprint density at radius 2 is 1.80 bits per heavy atom. The van der Waals surface area contributed by atoms with Gasteiger partial charge in [-0.3, -0.25) is 0 Å². The number of rotatable bonds is 10. The summed E-state index contributed by atoms with van der Waals surface area (Å²) in [6.07, 6.45) is 7.72. The summed E-state index contributed by atoms with van der Waals surface area (Å²) in [5, 5.41) is 8.83. The second kappa shape index (κ2) is 10.9. The van der Waals surface area contributed by atoms with E-state index in [1.165, 1.54) is 31.3 Å². The van der Waals surface area contributed by atoms with Gasteiger partial charge in [-0.1, -0.05) is 13.3 Å². The highest BCUT2D eigenvalue weighted by atomic mass is 31.1. The predicted molar refractivity (Wildman–Crippen MR) is 69.2 cm³/mol. The van der Waals surface area contributed by atoms with E-state index in [0.29, 0.717) is 12.7 Å². The van der Waals surface area contributed by atoms with Gasteiger partial charge in [-0.25, -0.2) is 0 Å². The third kappa shape index (κ3) is 10.6. The molecule has 0 radical (unpaired) electrons. The Labute approximate surface area is 96.2 Å². The number of aliphatic hydroxyl groups excluding tert-OH is 1. The van der Waals surface area contributed by atoms with E-state index in [1.807, 2.05) is 0 Å². The van der Waals surface area contributed by atoms with Crippen molar-refractivity contribution in [3.8, 4) is 0 Å². The standard InChI is InChI=1S/C12H27O2P/c1-4-5-9-15(10-6-7-13)11-8-14-12(2)3/h12-13H,4-11H2,1-3H3. The molecule has 0 aromatic rings. The maximum Gasteiger partial charge on any atom is 0.0519 e. The Kier molecular flexibility index (Phi) is 11.1. The molecular weight excluding hydrogens is 207 g/mol. The third-order valence-electron chi connectivity index (χ3n) is 2.32. The van der Waals surface area contributed by atoms with Crippen LogP contribution in [0.3, 0.4) is 0 Å². The monoisotopic (exact) mass is 234 g/mol. The molecule has 0 saturated heterocycles. The van der Waals surface area contributed by atoms with Gasteiger partial charge >= 0.3 is 0 Å². The van der Waals surface area contributed by atoms with Crippen LogP contribution < -0.4 is 0 Å². The number of ether oxygens (including phenoxy) is 1. The van der Waals surface area contributed by atoms with E-state index in [0.717, 1.165) is 13.0 Å². The van der Waals surface area contributed by atoms with E-state index >= 15 is 0 Å². The molecule has 0 fully saturated rings. The fraction of sp³-hybridized carbons (Fsp3) is 1.00. The van der Waals surface area contributed by atoms with Crippen LogP contribution >= 0.6 is 7.92 Å². The molecule has 0 spiro atoms. The van der Waals surface area contributed by atoms with Gasteiger partial charge in [-0.2, -0.15) is 0 Å². The summed E-state index contributed by atoms with van der Waals surface area (Å²) in [6, 6.07) is 0.